The average Bonchev–Trinajstić information content (AvgIpc) is 3.17. The Labute approximate surface area is 164 Å². The van der Waals surface area contributed by atoms with Gasteiger partial charge in [0.2, 0.25) is 0 Å². The van der Waals surface area contributed by atoms with Crippen molar-refractivity contribution in [2.75, 3.05) is 13.2 Å². The van der Waals surface area contributed by atoms with Crippen molar-refractivity contribution in [3.8, 4) is 0 Å². The molecule has 1 saturated carbocycles. The summed E-state index contributed by atoms with van der Waals surface area (Å²) in [6.07, 6.45) is 18.3. The molecule has 1 aromatic carbocycles. The van der Waals surface area contributed by atoms with Gasteiger partial charge in [-0.15, -0.1) is 0 Å². The SMILES string of the molecule is CCCC1CCC(C=Cc2ccc(C3=CCC4(CC3)OCCO4)cc2)CC1. The predicted octanol–water partition coefficient (Wildman–Crippen LogP) is 6.62. The molecule has 0 N–H and O–H groups in total. The molecule has 0 bridgehead atoms. The Morgan fingerprint density at radius 2 is 1.78 bits per heavy atom. The van der Waals surface area contributed by atoms with Crippen molar-refractivity contribution in [3.05, 3.63) is 47.5 Å². The molecule has 2 heteroatoms. The van der Waals surface area contributed by atoms with E-state index >= 15 is 0 Å². The molecule has 1 saturated heterocycles. The molecular weight excluding hydrogens is 332 g/mol. The molecule has 27 heavy (non-hydrogen) atoms. The van der Waals surface area contributed by atoms with Crippen LogP contribution < -0.4 is 0 Å². The molecule has 0 unspecified atom stereocenters. The maximum Gasteiger partial charge on any atom is 0.172 e. The second-order valence-corrected chi connectivity index (χ2v) is 8.59. The number of hydrogen-bond acceptors (Lipinski definition) is 2. The van der Waals surface area contributed by atoms with E-state index in [-0.39, 0.29) is 5.79 Å². The first kappa shape index (κ1) is 19.0. The van der Waals surface area contributed by atoms with E-state index in [0.717, 1.165) is 44.3 Å². The molecule has 0 amide bonds. The minimum atomic E-state index is -0.317. The molecular formula is C25H34O2. The normalized spacial score (nSPS) is 28.0. The summed E-state index contributed by atoms with van der Waals surface area (Å²) in [6.45, 7) is 3.79. The van der Waals surface area contributed by atoms with Crippen molar-refractivity contribution < 1.29 is 9.47 Å². The van der Waals surface area contributed by atoms with Crippen LogP contribution in [-0.2, 0) is 9.47 Å². The molecule has 1 aliphatic heterocycles. The third kappa shape index (κ3) is 4.73. The maximum atomic E-state index is 5.82. The summed E-state index contributed by atoms with van der Waals surface area (Å²) in [5.74, 6) is 1.45. The molecule has 146 valence electrons. The Morgan fingerprint density at radius 1 is 1.04 bits per heavy atom. The number of ether oxygens (including phenoxy) is 2. The number of allylic oxidation sites excluding steroid dienone is 2. The number of rotatable bonds is 5. The molecule has 1 aromatic rings. The lowest BCUT2D eigenvalue weighted by Crippen LogP contribution is -2.31. The lowest BCUT2D eigenvalue weighted by atomic mass is 9.80. The monoisotopic (exact) mass is 366 g/mol. The highest BCUT2D eigenvalue weighted by atomic mass is 16.7. The van der Waals surface area contributed by atoms with Gasteiger partial charge < -0.3 is 9.47 Å². The molecule has 0 radical (unpaired) electrons. The number of benzene rings is 1. The summed E-state index contributed by atoms with van der Waals surface area (Å²) in [4.78, 5) is 0. The van der Waals surface area contributed by atoms with Crippen LogP contribution in [0.15, 0.2) is 36.4 Å². The molecule has 4 rings (SSSR count). The first-order valence-electron chi connectivity index (χ1n) is 11.0. The zero-order chi connectivity index (χ0) is 18.5. The minimum Gasteiger partial charge on any atom is -0.347 e. The summed E-state index contributed by atoms with van der Waals surface area (Å²) in [7, 11) is 0. The van der Waals surface area contributed by atoms with E-state index in [2.05, 4.69) is 49.4 Å². The second-order valence-electron chi connectivity index (χ2n) is 8.59. The Kier molecular flexibility index (Phi) is 6.14. The Morgan fingerprint density at radius 3 is 2.41 bits per heavy atom. The van der Waals surface area contributed by atoms with E-state index in [1.807, 2.05) is 0 Å². The molecule has 0 aromatic heterocycles. The summed E-state index contributed by atoms with van der Waals surface area (Å²) < 4.78 is 11.6. The third-order valence-electron chi connectivity index (χ3n) is 6.68. The Hall–Kier alpha value is -1.38. The predicted molar refractivity (Wildman–Crippen MR) is 112 cm³/mol. The van der Waals surface area contributed by atoms with Crippen molar-refractivity contribution >= 4 is 11.6 Å². The average molecular weight is 367 g/mol. The fraction of sp³-hybridized carbons (Fsp3) is 0.600. The molecule has 2 fully saturated rings. The van der Waals surface area contributed by atoms with Crippen molar-refractivity contribution in [1.29, 1.82) is 0 Å². The van der Waals surface area contributed by atoms with Crippen LogP contribution in [-0.4, -0.2) is 19.0 Å². The van der Waals surface area contributed by atoms with Crippen LogP contribution in [0.1, 0.15) is 75.8 Å². The summed E-state index contributed by atoms with van der Waals surface area (Å²) in [6, 6.07) is 9.08. The van der Waals surface area contributed by atoms with Crippen LogP contribution >= 0.6 is 0 Å². The van der Waals surface area contributed by atoms with E-state index in [9.17, 15) is 0 Å². The lowest BCUT2D eigenvalue weighted by Gasteiger charge is -2.30. The Bertz CT molecular complexity index is 656. The fourth-order valence-electron chi connectivity index (χ4n) is 4.96. The zero-order valence-corrected chi connectivity index (χ0v) is 16.8. The minimum absolute atomic E-state index is 0.317. The molecule has 3 aliphatic rings. The van der Waals surface area contributed by atoms with E-state index in [1.165, 1.54) is 55.2 Å². The lowest BCUT2D eigenvalue weighted by molar-refractivity contribution is -0.159. The molecule has 0 atom stereocenters. The van der Waals surface area contributed by atoms with Gasteiger partial charge in [0.1, 0.15) is 0 Å². The fourth-order valence-corrected chi connectivity index (χ4v) is 4.96. The largest absolute Gasteiger partial charge is 0.347 e. The van der Waals surface area contributed by atoms with Crippen molar-refractivity contribution in [2.24, 2.45) is 11.8 Å². The zero-order valence-electron chi connectivity index (χ0n) is 16.8. The van der Waals surface area contributed by atoms with Gasteiger partial charge in [-0.2, -0.15) is 0 Å². The molecule has 1 spiro atoms. The van der Waals surface area contributed by atoms with Crippen LogP contribution in [0.3, 0.4) is 0 Å². The topological polar surface area (TPSA) is 18.5 Å². The van der Waals surface area contributed by atoms with Gasteiger partial charge in [0.25, 0.3) is 0 Å². The maximum absolute atomic E-state index is 5.82. The van der Waals surface area contributed by atoms with Crippen molar-refractivity contribution in [2.45, 2.75) is 70.5 Å². The number of hydrogen-bond donors (Lipinski definition) is 0. The summed E-state index contributed by atoms with van der Waals surface area (Å²) >= 11 is 0. The van der Waals surface area contributed by atoms with Gasteiger partial charge in [-0.05, 0) is 60.6 Å². The van der Waals surface area contributed by atoms with E-state index in [0.29, 0.717) is 0 Å². The highest BCUT2D eigenvalue weighted by Gasteiger charge is 2.37. The van der Waals surface area contributed by atoms with Gasteiger partial charge in [-0.3, -0.25) is 0 Å². The summed E-state index contributed by atoms with van der Waals surface area (Å²) in [5, 5.41) is 0. The van der Waals surface area contributed by atoms with Gasteiger partial charge >= 0.3 is 0 Å². The van der Waals surface area contributed by atoms with Crippen molar-refractivity contribution in [1.82, 2.24) is 0 Å². The quantitative estimate of drug-likeness (QED) is 0.583. The third-order valence-corrected chi connectivity index (χ3v) is 6.68. The highest BCUT2D eigenvalue weighted by Crippen LogP contribution is 2.38. The van der Waals surface area contributed by atoms with E-state index in [1.54, 1.807) is 0 Å². The Balaban J connectivity index is 1.31. The summed E-state index contributed by atoms with van der Waals surface area (Å²) in [5.41, 5.74) is 4.11. The van der Waals surface area contributed by atoms with Crippen LogP contribution in [0, 0.1) is 11.8 Å². The first-order valence-corrected chi connectivity index (χ1v) is 11.0. The van der Waals surface area contributed by atoms with Gasteiger partial charge in [-0.25, -0.2) is 0 Å². The molecule has 2 nitrogen and oxygen atoms in total. The van der Waals surface area contributed by atoms with Crippen LogP contribution in [0.5, 0.6) is 0 Å². The molecule has 2 aliphatic carbocycles. The molecule has 1 heterocycles. The standard InChI is InChI=1S/C25H34O2/c1-2-3-20-4-6-21(7-5-20)8-9-22-10-12-23(13-11-22)24-14-16-25(17-15-24)26-18-19-27-25/h8-14,20-21H,2-7,15-19H2,1H3. The van der Waals surface area contributed by atoms with Gasteiger partial charge in [-0.1, -0.05) is 62.3 Å². The van der Waals surface area contributed by atoms with Crippen molar-refractivity contribution in [3.63, 3.8) is 0 Å². The second kappa shape index (κ2) is 8.75. The van der Waals surface area contributed by atoms with Gasteiger partial charge in [0, 0.05) is 12.8 Å². The van der Waals surface area contributed by atoms with E-state index < -0.39 is 0 Å². The van der Waals surface area contributed by atoms with Crippen LogP contribution in [0.4, 0.5) is 0 Å². The van der Waals surface area contributed by atoms with Gasteiger partial charge in [0.15, 0.2) is 5.79 Å². The van der Waals surface area contributed by atoms with Crippen LogP contribution in [0.25, 0.3) is 11.6 Å². The van der Waals surface area contributed by atoms with Crippen LogP contribution in [0.2, 0.25) is 0 Å². The van der Waals surface area contributed by atoms with E-state index in [4.69, 9.17) is 9.47 Å². The highest BCUT2D eigenvalue weighted by molar-refractivity contribution is 5.68. The first-order chi connectivity index (χ1) is 13.3. The van der Waals surface area contributed by atoms with Gasteiger partial charge in [0.05, 0.1) is 13.2 Å². The smallest absolute Gasteiger partial charge is 0.172 e.